The van der Waals surface area contributed by atoms with Crippen LogP contribution in [0.3, 0.4) is 0 Å². The van der Waals surface area contributed by atoms with Crippen molar-refractivity contribution in [1.29, 1.82) is 0 Å². The Labute approximate surface area is 123 Å². The molecule has 0 aliphatic carbocycles. The van der Waals surface area contributed by atoms with E-state index < -0.39 is 17.5 Å². The van der Waals surface area contributed by atoms with Crippen molar-refractivity contribution in [1.82, 2.24) is 0 Å². The summed E-state index contributed by atoms with van der Waals surface area (Å²) in [6.07, 6.45) is 0. The summed E-state index contributed by atoms with van der Waals surface area (Å²) in [4.78, 5) is 11.7. The zero-order valence-electron chi connectivity index (χ0n) is 10.3. The minimum Gasteiger partial charge on any atom is -0.374 e. The summed E-state index contributed by atoms with van der Waals surface area (Å²) in [5, 5.41) is 5.19. The second kappa shape index (κ2) is 6.47. The van der Waals surface area contributed by atoms with Gasteiger partial charge in [0.05, 0.1) is 12.2 Å². The summed E-state index contributed by atoms with van der Waals surface area (Å²) in [6, 6.07) is 9.93. The number of carbonyl (C=O) groups is 1. The highest BCUT2D eigenvalue weighted by Crippen LogP contribution is 2.19. The van der Waals surface area contributed by atoms with Gasteiger partial charge in [0.15, 0.2) is 0 Å². The maximum Gasteiger partial charge on any atom is 0.243 e. The van der Waals surface area contributed by atoms with Crippen LogP contribution in [0.5, 0.6) is 0 Å². The largest absolute Gasteiger partial charge is 0.374 e. The standard InChI is InChI=1S/C14H11BrF2N2O/c15-9-4-5-12(17)13(6-9)18-8-14(20)19-11-3-1-2-10(16)7-11/h1-7,18H,8H2,(H,19,20). The Hall–Kier alpha value is -1.95. The van der Waals surface area contributed by atoms with Crippen LogP contribution in [-0.2, 0) is 4.79 Å². The lowest BCUT2D eigenvalue weighted by molar-refractivity contribution is -0.114. The van der Waals surface area contributed by atoms with E-state index in [0.29, 0.717) is 10.2 Å². The van der Waals surface area contributed by atoms with Gasteiger partial charge in [-0.2, -0.15) is 0 Å². The molecule has 104 valence electrons. The fourth-order valence-corrected chi connectivity index (χ4v) is 1.94. The van der Waals surface area contributed by atoms with Crippen LogP contribution in [0, 0.1) is 11.6 Å². The average molecular weight is 341 g/mol. The molecule has 0 saturated carbocycles. The molecule has 2 aromatic carbocycles. The number of amides is 1. The van der Waals surface area contributed by atoms with Gasteiger partial charge in [-0.3, -0.25) is 4.79 Å². The molecular formula is C14H11BrF2N2O. The lowest BCUT2D eigenvalue weighted by Gasteiger charge is -2.09. The Balaban J connectivity index is 1.94. The van der Waals surface area contributed by atoms with Gasteiger partial charge in [-0.1, -0.05) is 22.0 Å². The van der Waals surface area contributed by atoms with Gasteiger partial charge in [0.2, 0.25) is 5.91 Å². The molecule has 0 aliphatic heterocycles. The molecule has 2 rings (SSSR count). The Morgan fingerprint density at radius 2 is 1.95 bits per heavy atom. The Kier molecular flexibility index (Phi) is 4.68. The molecule has 6 heteroatoms. The van der Waals surface area contributed by atoms with Crippen LogP contribution in [0.2, 0.25) is 0 Å². The first-order valence-corrected chi connectivity index (χ1v) is 6.58. The fourth-order valence-electron chi connectivity index (χ4n) is 1.58. The second-order valence-corrected chi connectivity index (χ2v) is 4.95. The summed E-state index contributed by atoms with van der Waals surface area (Å²) in [7, 11) is 0. The molecule has 0 spiro atoms. The van der Waals surface area contributed by atoms with Crippen molar-refractivity contribution < 1.29 is 13.6 Å². The summed E-state index contributed by atoms with van der Waals surface area (Å²) in [5.74, 6) is -1.28. The first-order valence-electron chi connectivity index (χ1n) is 5.79. The molecule has 0 aromatic heterocycles. The zero-order chi connectivity index (χ0) is 14.5. The predicted octanol–water partition coefficient (Wildman–Crippen LogP) is 3.78. The average Bonchev–Trinajstić information content (AvgIpc) is 2.40. The zero-order valence-corrected chi connectivity index (χ0v) is 11.9. The number of rotatable bonds is 4. The van der Waals surface area contributed by atoms with Crippen LogP contribution in [0.4, 0.5) is 20.2 Å². The fraction of sp³-hybridized carbons (Fsp3) is 0.0714. The normalized spacial score (nSPS) is 10.2. The van der Waals surface area contributed by atoms with Crippen LogP contribution >= 0.6 is 15.9 Å². The van der Waals surface area contributed by atoms with Gasteiger partial charge < -0.3 is 10.6 Å². The molecule has 0 bridgehead atoms. The quantitative estimate of drug-likeness (QED) is 0.889. The highest BCUT2D eigenvalue weighted by molar-refractivity contribution is 9.10. The Bertz CT molecular complexity index is 634. The maximum atomic E-state index is 13.4. The monoisotopic (exact) mass is 340 g/mol. The van der Waals surface area contributed by atoms with Gasteiger partial charge in [-0.15, -0.1) is 0 Å². The number of carbonyl (C=O) groups excluding carboxylic acids is 1. The van der Waals surface area contributed by atoms with Gasteiger partial charge in [0.25, 0.3) is 0 Å². The van der Waals surface area contributed by atoms with E-state index in [0.717, 1.165) is 0 Å². The van der Waals surface area contributed by atoms with E-state index >= 15 is 0 Å². The lowest BCUT2D eigenvalue weighted by atomic mass is 10.3. The third-order valence-electron chi connectivity index (χ3n) is 2.48. The van der Waals surface area contributed by atoms with Crippen molar-refractivity contribution in [2.45, 2.75) is 0 Å². The molecule has 1 amide bonds. The second-order valence-electron chi connectivity index (χ2n) is 4.04. The Morgan fingerprint density at radius 3 is 2.70 bits per heavy atom. The first-order chi connectivity index (χ1) is 9.54. The van der Waals surface area contributed by atoms with Crippen molar-refractivity contribution in [3.05, 3.63) is 58.6 Å². The molecule has 0 saturated heterocycles. The molecule has 0 unspecified atom stereocenters. The van der Waals surface area contributed by atoms with Gasteiger partial charge in [-0.25, -0.2) is 8.78 Å². The van der Waals surface area contributed by atoms with Crippen LogP contribution < -0.4 is 10.6 Å². The Morgan fingerprint density at radius 1 is 1.15 bits per heavy atom. The van der Waals surface area contributed by atoms with Crippen molar-refractivity contribution >= 4 is 33.2 Å². The van der Waals surface area contributed by atoms with E-state index in [1.807, 2.05) is 0 Å². The maximum absolute atomic E-state index is 13.4. The molecule has 0 aliphatic rings. The SMILES string of the molecule is O=C(CNc1cc(Br)ccc1F)Nc1cccc(F)c1. The third-order valence-corrected chi connectivity index (χ3v) is 2.97. The van der Waals surface area contributed by atoms with Crippen LogP contribution in [0.1, 0.15) is 0 Å². The van der Waals surface area contributed by atoms with Crippen LogP contribution in [-0.4, -0.2) is 12.5 Å². The van der Waals surface area contributed by atoms with E-state index in [1.54, 1.807) is 12.1 Å². The molecule has 3 nitrogen and oxygen atoms in total. The third kappa shape index (κ3) is 4.03. The smallest absolute Gasteiger partial charge is 0.243 e. The molecule has 0 radical (unpaired) electrons. The van der Waals surface area contributed by atoms with Crippen molar-refractivity contribution in [3.63, 3.8) is 0 Å². The lowest BCUT2D eigenvalue weighted by Crippen LogP contribution is -2.22. The van der Waals surface area contributed by atoms with E-state index in [1.165, 1.54) is 30.3 Å². The van der Waals surface area contributed by atoms with Crippen molar-refractivity contribution in [2.75, 3.05) is 17.2 Å². The first kappa shape index (κ1) is 14.5. The molecule has 20 heavy (non-hydrogen) atoms. The molecule has 2 N–H and O–H groups in total. The summed E-state index contributed by atoms with van der Waals surface area (Å²) in [5.41, 5.74) is 0.570. The summed E-state index contributed by atoms with van der Waals surface area (Å²) < 4.78 is 27.1. The van der Waals surface area contributed by atoms with E-state index in [-0.39, 0.29) is 12.2 Å². The van der Waals surface area contributed by atoms with Gasteiger partial charge in [0.1, 0.15) is 11.6 Å². The van der Waals surface area contributed by atoms with Crippen LogP contribution in [0.15, 0.2) is 46.9 Å². The molecule has 0 heterocycles. The molecule has 2 aromatic rings. The highest BCUT2D eigenvalue weighted by atomic mass is 79.9. The highest BCUT2D eigenvalue weighted by Gasteiger charge is 2.06. The number of hydrogen-bond acceptors (Lipinski definition) is 2. The molecule has 0 fully saturated rings. The predicted molar refractivity (Wildman–Crippen MR) is 77.6 cm³/mol. The van der Waals surface area contributed by atoms with Crippen molar-refractivity contribution in [2.24, 2.45) is 0 Å². The van der Waals surface area contributed by atoms with Crippen molar-refractivity contribution in [3.8, 4) is 0 Å². The number of benzene rings is 2. The minimum absolute atomic E-state index is 0.121. The number of nitrogens with one attached hydrogen (secondary N) is 2. The summed E-state index contributed by atoms with van der Waals surface area (Å²) >= 11 is 3.22. The topological polar surface area (TPSA) is 41.1 Å². The van der Waals surface area contributed by atoms with E-state index in [4.69, 9.17) is 0 Å². The van der Waals surface area contributed by atoms with Gasteiger partial charge in [-0.05, 0) is 36.4 Å². The minimum atomic E-state index is -0.452. The number of hydrogen-bond donors (Lipinski definition) is 2. The molecular weight excluding hydrogens is 330 g/mol. The van der Waals surface area contributed by atoms with Gasteiger partial charge in [0, 0.05) is 10.2 Å². The summed E-state index contributed by atoms with van der Waals surface area (Å²) in [6.45, 7) is -0.121. The van der Waals surface area contributed by atoms with Crippen LogP contribution in [0.25, 0.3) is 0 Å². The van der Waals surface area contributed by atoms with Gasteiger partial charge >= 0.3 is 0 Å². The number of halogens is 3. The van der Waals surface area contributed by atoms with E-state index in [2.05, 4.69) is 26.6 Å². The number of anilines is 2. The van der Waals surface area contributed by atoms with E-state index in [9.17, 15) is 13.6 Å². The molecule has 0 atom stereocenters.